The molecule has 0 radical (unpaired) electrons. The number of unbranched alkanes of at least 4 members (excludes halogenated alkanes) is 1. The molecule has 1 saturated heterocycles. The number of carbonyl (C=O) groups is 1. The van der Waals surface area contributed by atoms with Crippen LogP contribution >= 0.6 is 0 Å². The van der Waals surface area contributed by atoms with Crippen LogP contribution in [0.25, 0.3) is 10.9 Å². The lowest BCUT2D eigenvalue weighted by Gasteiger charge is -2.34. The normalized spacial score (nSPS) is 15.9. The number of aliphatic hydroxyl groups excluding tert-OH is 1. The monoisotopic (exact) mass is 343 g/mol. The van der Waals surface area contributed by atoms with Crippen LogP contribution in [0, 0.1) is 6.92 Å². The van der Waals surface area contributed by atoms with E-state index in [1.807, 2.05) is 17.0 Å². The molecule has 1 aliphatic heterocycles. The summed E-state index contributed by atoms with van der Waals surface area (Å²) in [4.78, 5) is 17.5. The lowest BCUT2D eigenvalue weighted by Crippen LogP contribution is -2.49. The number of aliphatic hydroxyl groups is 1. The van der Waals surface area contributed by atoms with Crippen LogP contribution < -0.4 is 0 Å². The summed E-state index contributed by atoms with van der Waals surface area (Å²) in [5.74, 6) is 0.147. The molecular weight excluding hydrogens is 314 g/mol. The second kappa shape index (κ2) is 8.02. The number of carbonyl (C=O) groups excluding carboxylic acids is 1. The van der Waals surface area contributed by atoms with Crippen LogP contribution in [0.15, 0.2) is 24.3 Å². The van der Waals surface area contributed by atoms with Crippen LogP contribution in [-0.4, -0.2) is 64.7 Å². The molecule has 0 saturated carbocycles. The summed E-state index contributed by atoms with van der Waals surface area (Å²) < 4.78 is 2.22. The first-order chi connectivity index (χ1) is 12.2. The molecule has 1 aliphatic rings. The van der Waals surface area contributed by atoms with Gasteiger partial charge in [0, 0.05) is 50.2 Å². The molecule has 2 aromatic rings. The van der Waals surface area contributed by atoms with Crippen molar-refractivity contribution >= 4 is 16.8 Å². The van der Waals surface area contributed by atoms with Gasteiger partial charge >= 0.3 is 0 Å². The summed E-state index contributed by atoms with van der Waals surface area (Å²) in [5.41, 5.74) is 3.11. The highest BCUT2D eigenvalue weighted by molar-refractivity contribution is 6.01. The average Bonchev–Trinajstić information content (AvgIpc) is 2.92. The Labute approximate surface area is 149 Å². The van der Waals surface area contributed by atoms with Gasteiger partial charge in [0.05, 0.1) is 6.61 Å². The predicted octanol–water partition coefficient (Wildman–Crippen LogP) is 2.50. The summed E-state index contributed by atoms with van der Waals surface area (Å²) in [7, 11) is 0. The van der Waals surface area contributed by atoms with Crippen molar-refractivity contribution in [2.45, 2.75) is 33.2 Å². The first-order valence-electron chi connectivity index (χ1n) is 9.37. The number of rotatable bonds is 6. The van der Waals surface area contributed by atoms with Crippen LogP contribution in [0.5, 0.6) is 0 Å². The molecule has 0 bridgehead atoms. The third-order valence-corrected chi connectivity index (χ3v) is 5.24. The summed E-state index contributed by atoms with van der Waals surface area (Å²) in [5, 5.41) is 10.3. The number of hydrogen-bond acceptors (Lipinski definition) is 3. The first kappa shape index (κ1) is 18.0. The smallest absolute Gasteiger partial charge is 0.270 e. The number of benzene rings is 1. The molecule has 3 rings (SSSR count). The third-order valence-electron chi connectivity index (χ3n) is 5.24. The number of aromatic nitrogens is 1. The van der Waals surface area contributed by atoms with Crippen LogP contribution in [0.1, 0.15) is 35.8 Å². The fraction of sp³-hybridized carbons (Fsp3) is 0.550. The minimum atomic E-state index is 0.147. The molecule has 0 unspecified atom stereocenters. The Morgan fingerprint density at radius 3 is 2.52 bits per heavy atom. The molecule has 136 valence electrons. The number of aryl methyl sites for hydroxylation is 2. The molecule has 1 aromatic carbocycles. The van der Waals surface area contributed by atoms with Crippen LogP contribution in [-0.2, 0) is 6.54 Å². The number of nitrogens with zero attached hydrogens (tertiary/aromatic N) is 3. The summed E-state index contributed by atoms with van der Waals surface area (Å²) in [6, 6.07) is 8.32. The molecule has 1 amide bonds. The van der Waals surface area contributed by atoms with Gasteiger partial charge in [0.2, 0.25) is 0 Å². The lowest BCUT2D eigenvalue weighted by atomic mass is 10.1. The second-order valence-corrected chi connectivity index (χ2v) is 6.85. The van der Waals surface area contributed by atoms with Crippen molar-refractivity contribution in [2.24, 2.45) is 0 Å². The Bertz CT molecular complexity index is 730. The van der Waals surface area contributed by atoms with Gasteiger partial charge in [-0.05, 0) is 25.0 Å². The van der Waals surface area contributed by atoms with Gasteiger partial charge in [0.15, 0.2) is 0 Å². The summed E-state index contributed by atoms with van der Waals surface area (Å²) in [6.07, 6.45) is 2.18. The second-order valence-electron chi connectivity index (χ2n) is 6.85. The third kappa shape index (κ3) is 3.58. The number of hydrogen-bond donors (Lipinski definition) is 1. The zero-order valence-corrected chi connectivity index (χ0v) is 15.4. The quantitative estimate of drug-likeness (QED) is 0.877. The van der Waals surface area contributed by atoms with Gasteiger partial charge in [0.1, 0.15) is 5.69 Å². The fourth-order valence-corrected chi connectivity index (χ4v) is 3.77. The summed E-state index contributed by atoms with van der Waals surface area (Å²) >= 11 is 0. The highest BCUT2D eigenvalue weighted by Gasteiger charge is 2.27. The Balaban J connectivity index is 1.89. The van der Waals surface area contributed by atoms with E-state index < -0.39 is 0 Å². The van der Waals surface area contributed by atoms with Crippen LogP contribution in [0.4, 0.5) is 0 Å². The molecule has 0 spiro atoms. The molecule has 25 heavy (non-hydrogen) atoms. The minimum Gasteiger partial charge on any atom is -0.395 e. The van der Waals surface area contributed by atoms with Gasteiger partial charge in [-0.3, -0.25) is 9.69 Å². The highest BCUT2D eigenvalue weighted by atomic mass is 16.3. The number of para-hydroxylation sites is 1. The molecule has 5 nitrogen and oxygen atoms in total. The van der Waals surface area contributed by atoms with Gasteiger partial charge in [-0.2, -0.15) is 0 Å². The maximum absolute atomic E-state index is 13.3. The first-order valence-corrected chi connectivity index (χ1v) is 9.37. The zero-order valence-electron chi connectivity index (χ0n) is 15.4. The van der Waals surface area contributed by atoms with E-state index in [4.69, 9.17) is 5.11 Å². The van der Waals surface area contributed by atoms with Crippen LogP contribution in [0.3, 0.4) is 0 Å². The Hall–Kier alpha value is -1.85. The molecule has 0 aliphatic carbocycles. The van der Waals surface area contributed by atoms with E-state index in [1.54, 1.807) is 0 Å². The molecule has 1 fully saturated rings. The Morgan fingerprint density at radius 1 is 1.12 bits per heavy atom. The largest absolute Gasteiger partial charge is 0.395 e. The van der Waals surface area contributed by atoms with E-state index in [1.165, 1.54) is 5.39 Å². The standard InChI is InChI=1S/C20H29N3O2/c1-3-4-9-23-18-8-6-5-7-17(18)16(2)19(23)20(25)22-12-10-21(11-13-22)14-15-24/h5-8,24H,3-4,9-15H2,1-2H3. The van der Waals surface area contributed by atoms with E-state index in [0.717, 1.165) is 62.3 Å². The minimum absolute atomic E-state index is 0.147. The van der Waals surface area contributed by atoms with E-state index in [2.05, 4.69) is 35.4 Å². The fourth-order valence-electron chi connectivity index (χ4n) is 3.77. The maximum Gasteiger partial charge on any atom is 0.270 e. The van der Waals surface area contributed by atoms with E-state index >= 15 is 0 Å². The van der Waals surface area contributed by atoms with Gasteiger partial charge in [-0.25, -0.2) is 0 Å². The summed E-state index contributed by atoms with van der Waals surface area (Å²) in [6.45, 7) is 9.13. The topological polar surface area (TPSA) is 48.7 Å². The molecule has 1 aromatic heterocycles. The lowest BCUT2D eigenvalue weighted by molar-refractivity contribution is 0.0604. The van der Waals surface area contributed by atoms with Crippen molar-refractivity contribution in [1.29, 1.82) is 0 Å². The van der Waals surface area contributed by atoms with Gasteiger partial charge in [-0.1, -0.05) is 31.5 Å². The number of amides is 1. The number of fused-ring (bicyclic) bond motifs is 1. The average molecular weight is 343 g/mol. The van der Waals surface area contributed by atoms with Crippen molar-refractivity contribution in [3.8, 4) is 0 Å². The van der Waals surface area contributed by atoms with Crippen molar-refractivity contribution in [1.82, 2.24) is 14.4 Å². The van der Waals surface area contributed by atoms with Crippen molar-refractivity contribution in [3.63, 3.8) is 0 Å². The van der Waals surface area contributed by atoms with E-state index in [9.17, 15) is 4.79 Å². The molecule has 2 heterocycles. The van der Waals surface area contributed by atoms with Crippen molar-refractivity contribution in [3.05, 3.63) is 35.5 Å². The highest BCUT2D eigenvalue weighted by Crippen LogP contribution is 2.27. The Kier molecular flexibility index (Phi) is 5.76. The maximum atomic E-state index is 13.3. The van der Waals surface area contributed by atoms with Gasteiger partial charge < -0.3 is 14.6 Å². The van der Waals surface area contributed by atoms with E-state index in [0.29, 0.717) is 6.54 Å². The van der Waals surface area contributed by atoms with Crippen LogP contribution in [0.2, 0.25) is 0 Å². The zero-order chi connectivity index (χ0) is 17.8. The molecular formula is C20H29N3O2. The number of piperazine rings is 1. The van der Waals surface area contributed by atoms with Gasteiger partial charge in [0.25, 0.3) is 5.91 Å². The molecule has 0 atom stereocenters. The Morgan fingerprint density at radius 2 is 1.84 bits per heavy atom. The molecule has 5 heteroatoms. The SMILES string of the molecule is CCCCn1c(C(=O)N2CCN(CCO)CC2)c(C)c2ccccc21. The molecule has 1 N–H and O–H groups in total. The van der Waals surface area contributed by atoms with E-state index in [-0.39, 0.29) is 12.5 Å². The number of β-amino-alcohol motifs (C(OH)–C–C–N with tert-alkyl or cyclic N) is 1. The van der Waals surface area contributed by atoms with Crippen molar-refractivity contribution in [2.75, 3.05) is 39.3 Å². The predicted molar refractivity (Wildman–Crippen MR) is 101 cm³/mol. The van der Waals surface area contributed by atoms with Gasteiger partial charge in [-0.15, -0.1) is 0 Å². The van der Waals surface area contributed by atoms with Crippen molar-refractivity contribution < 1.29 is 9.90 Å².